The summed E-state index contributed by atoms with van der Waals surface area (Å²) >= 11 is 0. The molecule has 1 saturated heterocycles. The van der Waals surface area contributed by atoms with Crippen molar-refractivity contribution >= 4 is 27.5 Å². The van der Waals surface area contributed by atoms with Gasteiger partial charge in [0.05, 0.1) is 10.8 Å². The number of fused-ring (bicyclic) bond motifs is 2. The van der Waals surface area contributed by atoms with E-state index in [0.717, 1.165) is 12.8 Å². The molecule has 1 N–H and O–H groups in total. The number of ether oxygens (including phenoxy) is 2. The molecule has 1 aliphatic heterocycles. The van der Waals surface area contributed by atoms with Gasteiger partial charge in [0, 0.05) is 50.9 Å². The summed E-state index contributed by atoms with van der Waals surface area (Å²) in [6.45, 7) is 9.12. The Morgan fingerprint density at radius 3 is 2.38 bits per heavy atom. The summed E-state index contributed by atoms with van der Waals surface area (Å²) in [5.74, 6) is -0.569. The van der Waals surface area contributed by atoms with Crippen LogP contribution in [0.5, 0.6) is 5.75 Å². The van der Waals surface area contributed by atoms with Crippen LogP contribution in [0.3, 0.4) is 0 Å². The third kappa shape index (κ3) is 3.70. The van der Waals surface area contributed by atoms with Crippen molar-refractivity contribution in [2.75, 3.05) is 32.2 Å². The van der Waals surface area contributed by atoms with Gasteiger partial charge < -0.3 is 19.5 Å². The molecule has 0 amide bonds. The molecule has 0 bridgehead atoms. The zero-order chi connectivity index (χ0) is 28.6. The predicted octanol–water partition coefficient (Wildman–Crippen LogP) is 6.28. The first-order chi connectivity index (χ1) is 19.0. The van der Waals surface area contributed by atoms with Gasteiger partial charge in [0.15, 0.2) is 11.6 Å². The van der Waals surface area contributed by atoms with Crippen LogP contribution in [0, 0.1) is 17.0 Å². The third-order valence-corrected chi connectivity index (χ3v) is 8.78. The number of benzene rings is 2. The molecular weight excluding hydrogens is 514 g/mol. The van der Waals surface area contributed by atoms with Gasteiger partial charge in [-0.05, 0) is 47.4 Å². The van der Waals surface area contributed by atoms with Gasteiger partial charge in [-0.2, -0.15) is 0 Å². The van der Waals surface area contributed by atoms with Crippen molar-refractivity contribution in [3.05, 3.63) is 53.5 Å². The van der Waals surface area contributed by atoms with Crippen LogP contribution in [0.2, 0.25) is 0 Å². The number of hydrogen-bond donors (Lipinski definition) is 1. The lowest BCUT2D eigenvalue weighted by atomic mass is 9.58. The lowest BCUT2D eigenvalue weighted by Gasteiger charge is -2.65. The van der Waals surface area contributed by atoms with Crippen LogP contribution in [0.25, 0.3) is 32.9 Å². The van der Waals surface area contributed by atoms with Crippen molar-refractivity contribution in [2.45, 2.75) is 58.2 Å². The highest BCUT2D eigenvalue weighted by atomic mass is 19.1. The molecule has 2 fully saturated rings. The average Bonchev–Trinajstić information content (AvgIpc) is 2.88. The number of phenols is 1. The van der Waals surface area contributed by atoms with Crippen LogP contribution < -0.4 is 4.90 Å². The Bertz CT molecular complexity index is 1650. The number of halogens is 2. The Morgan fingerprint density at radius 1 is 1.05 bits per heavy atom. The summed E-state index contributed by atoms with van der Waals surface area (Å²) in [6.07, 6.45) is 3.78. The lowest BCUT2D eigenvalue weighted by molar-refractivity contribution is -0.336. The van der Waals surface area contributed by atoms with E-state index in [4.69, 9.17) is 14.5 Å². The van der Waals surface area contributed by atoms with Gasteiger partial charge in [-0.25, -0.2) is 18.7 Å². The van der Waals surface area contributed by atoms with E-state index in [9.17, 15) is 9.50 Å². The molecule has 0 radical (unpaired) electrons. The fraction of sp³-hybridized carbons (Fsp3) is 0.452. The lowest BCUT2D eigenvalue weighted by Crippen LogP contribution is -2.74. The van der Waals surface area contributed by atoms with Gasteiger partial charge in [-0.15, -0.1) is 0 Å². The fourth-order valence-electron chi connectivity index (χ4n) is 6.47. The van der Waals surface area contributed by atoms with E-state index in [0.29, 0.717) is 58.4 Å². The monoisotopic (exact) mass is 548 g/mol. The first-order valence-electron chi connectivity index (χ1n) is 13.6. The van der Waals surface area contributed by atoms with Crippen molar-refractivity contribution in [3.8, 4) is 17.0 Å². The zero-order valence-electron chi connectivity index (χ0n) is 23.7. The summed E-state index contributed by atoms with van der Waals surface area (Å²) in [6, 6.07) is 5.95. The molecule has 3 heterocycles. The number of nitrogens with zero attached hydrogens (tertiary/aromatic N) is 4. The van der Waals surface area contributed by atoms with Crippen molar-refractivity contribution in [1.82, 2.24) is 15.0 Å². The average molecular weight is 549 g/mol. The fourth-order valence-corrected chi connectivity index (χ4v) is 6.47. The smallest absolute Gasteiger partial charge is 0.176 e. The van der Waals surface area contributed by atoms with E-state index in [1.165, 1.54) is 12.1 Å². The quantitative estimate of drug-likeness (QED) is 0.294. The van der Waals surface area contributed by atoms with Gasteiger partial charge in [0.2, 0.25) is 0 Å². The minimum atomic E-state index is -0.633. The summed E-state index contributed by atoms with van der Waals surface area (Å²) in [7, 11) is 3.35. The Morgan fingerprint density at radius 2 is 1.77 bits per heavy atom. The Hall–Kier alpha value is -3.43. The molecule has 0 unspecified atom stereocenters. The molecule has 1 aliphatic carbocycles. The van der Waals surface area contributed by atoms with Crippen LogP contribution in [0.4, 0.5) is 14.6 Å². The first kappa shape index (κ1) is 26.8. The maximum absolute atomic E-state index is 16.6. The summed E-state index contributed by atoms with van der Waals surface area (Å²) in [4.78, 5) is 16.2. The second kappa shape index (κ2) is 9.04. The van der Waals surface area contributed by atoms with Crippen molar-refractivity contribution in [3.63, 3.8) is 0 Å². The Balaban J connectivity index is 1.54. The van der Waals surface area contributed by atoms with Gasteiger partial charge in [0.1, 0.15) is 34.4 Å². The molecule has 2 aliphatic rings. The van der Waals surface area contributed by atoms with E-state index in [2.05, 4.69) is 14.9 Å². The number of anilines is 1. The van der Waals surface area contributed by atoms with E-state index in [1.54, 1.807) is 32.5 Å². The standard InChI is InChI=1S/C31H34F2N4O3/c1-7-19-22(32)9-8-17-12-18(38)13-20(23(17)19)25-24(33)26-21(14-34-25)27(36-28(35-26)29(2,3)4)37-15-30(16-37)10-11-31(30,39-5)40-6/h8-9,12-14,38H,7,10-11,15-16H2,1-6H3. The third-order valence-electron chi connectivity index (χ3n) is 8.78. The highest BCUT2D eigenvalue weighted by molar-refractivity contribution is 6.01. The molecule has 210 valence electrons. The summed E-state index contributed by atoms with van der Waals surface area (Å²) in [5.41, 5.74) is 0.323. The van der Waals surface area contributed by atoms with Gasteiger partial charge >= 0.3 is 0 Å². The minimum Gasteiger partial charge on any atom is -0.508 e. The van der Waals surface area contributed by atoms with Crippen LogP contribution in [0.1, 0.15) is 51.9 Å². The second-order valence-corrected chi connectivity index (χ2v) is 12.1. The highest BCUT2D eigenvalue weighted by Gasteiger charge is 2.66. The van der Waals surface area contributed by atoms with E-state index in [1.807, 2.05) is 27.7 Å². The highest BCUT2D eigenvalue weighted by Crippen LogP contribution is 2.58. The molecule has 4 aromatic rings. The molecule has 9 heteroatoms. The van der Waals surface area contributed by atoms with Gasteiger partial charge in [-0.3, -0.25) is 4.98 Å². The van der Waals surface area contributed by atoms with Crippen molar-refractivity contribution in [1.29, 1.82) is 0 Å². The minimum absolute atomic E-state index is 0.00932. The number of aryl methyl sites for hydroxylation is 1. The number of aromatic hydroxyl groups is 1. The first-order valence-corrected chi connectivity index (χ1v) is 13.6. The summed E-state index contributed by atoms with van der Waals surface area (Å²) < 4.78 is 43.0. The molecule has 1 spiro atoms. The molecule has 1 saturated carbocycles. The zero-order valence-corrected chi connectivity index (χ0v) is 23.7. The van der Waals surface area contributed by atoms with Crippen molar-refractivity contribution < 1.29 is 23.4 Å². The maximum Gasteiger partial charge on any atom is 0.176 e. The number of hydrogen-bond acceptors (Lipinski definition) is 7. The van der Waals surface area contributed by atoms with E-state index < -0.39 is 17.0 Å². The van der Waals surface area contributed by atoms with Gasteiger partial charge in [0.25, 0.3) is 0 Å². The molecular formula is C31H34F2N4O3. The topological polar surface area (TPSA) is 80.6 Å². The van der Waals surface area contributed by atoms with Crippen LogP contribution in [-0.2, 0) is 21.3 Å². The normalized spacial score (nSPS) is 17.9. The number of phenolic OH excluding ortho intramolecular Hbond substituents is 1. The molecule has 0 atom stereocenters. The molecule has 40 heavy (non-hydrogen) atoms. The van der Waals surface area contributed by atoms with Crippen LogP contribution >= 0.6 is 0 Å². The predicted molar refractivity (Wildman–Crippen MR) is 151 cm³/mol. The Labute approximate surface area is 232 Å². The van der Waals surface area contributed by atoms with E-state index >= 15 is 4.39 Å². The molecule has 7 nitrogen and oxygen atoms in total. The maximum atomic E-state index is 16.6. The van der Waals surface area contributed by atoms with Crippen molar-refractivity contribution in [2.24, 2.45) is 5.41 Å². The molecule has 2 aromatic carbocycles. The molecule has 2 aromatic heterocycles. The van der Waals surface area contributed by atoms with E-state index in [-0.39, 0.29) is 28.2 Å². The van der Waals surface area contributed by atoms with Crippen LogP contribution in [0.15, 0.2) is 30.5 Å². The van der Waals surface area contributed by atoms with Crippen LogP contribution in [-0.4, -0.2) is 53.2 Å². The Kier molecular flexibility index (Phi) is 6.05. The van der Waals surface area contributed by atoms with Gasteiger partial charge in [-0.1, -0.05) is 33.8 Å². The second-order valence-electron chi connectivity index (χ2n) is 12.1. The number of methoxy groups -OCH3 is 2. The molecule has 6 rings (SSSR count). The summed E-state index contributed by atoms with van der Waals surface area (Å²) in [5, 5.41) is 12.1. The number of rotatable bonds is 5. The number of pyridine rings is 1. The largest absolute Gasteiger partial charge is 0.508 e. The number of aromatic nitrogens is 3. The SMILES string of the molecule is CCc1c(F)ccc2cc(O)cc(-c3ncc4c(N5CC6(CCC6(OC)OC)C5)nc(C(C)(C)C)nc4c3F)c12.